The van der Waals surface area contributed by atoms with Gasteiger partial charge in [-0.25, -0.2) is 4.68 Å². The lowest BCUT2D eigenvalue weighted by Crippen LogP contribution is -2.13. The lowest BCUT2D eigenvalue weighted by Gasteiger charge is -2.11. The second kappa shape index (κ2) is 8.98. The molecular weight excluding hydrogens is 402 g/mol. The van der Waals surface area contributed by atoms with Crippen LogP contribution >= 0.6 is 0 Å². The SMILES string of the molecule is COc1ccc(-c2nn(-c3ccccc3)cc2C(=O)Nc2cccc(C)c2C)cc1OC. The maximum atomic E-state index is 13.4. The summed E-state index contributed by atoms with van der Waals surface area (Å²) in [6, 6.07) is 21.0. The largest absolute Gasteiger partial charge is 0.493 e. The Morgan fingerprint density at radius 2 is 1.66 bits per heavy atom. The number of ether oxygens (including phenoxy) is 2. The van der Waals surface area contributed by atoms with Gasteiger partial charge in [0.15, 0.2) is 11.5 Å². The highest BCUT2D eigenvalue weighted by molar-refractivity contribution is 6.08. The number of rotatable bonds is 6. The van der Waals surface area contributed by atoms with E-state index in [1.165, 1.54) is 0 Å². The van der Waals surface area contributed by atoms with Crippen LogP contribution in [0, 0.1) is 13.8 Å². The molecule has 1 amide bonds. The summed E-state index contributed by atoms with van der Waals surface area (Å²) in [6.07, 6.45) is 1.75. The van der Waals surface area contributed by atoms with Crippen molar-refractivity contribution in [1.82, 2.24) is 9.78 Å². The zero-order chi connectivity index (χ0) is 22.7. The number of aryl methyl sites for hydroxylation is 1. The van der Waals surface area contributed by atoms with E-state index >= 15 is 0 Å². The molecule has 4 aromatic rings. The third-order valence-corrected chi connectivity index (χ3v) is 5.49. The molecule has 1 N–H and O–H groups in total. The van der Waals surface area contributed by atoms with Crippen LogP contribution in [0.5, 0.6) is 11.5 Å². The number of nitrogens with zero attached hydrogens (tertiary/aromatic N) is 2. The number of para-hydroxylation sites is 1. The van der Waals surface area contributed by atoms with Gasteiger partial charge in [-0.2, -0.15) is 5.10 Å². The van der Waals surface area contributed by atoms with Crippen molar-refractivity contribution in [2.75, 3.05) is 19.5 Å². The van der Waals surface area contributed by atoms with Crippen molar-refractivity contribution in [3.8, 4) is 28.4 Å². The number of hydrogen-bond acceptors (Lipinski definition) is 4. The van der Waals surface area contributed by atoms with E-state index in [1.54, 1.807) is 25.1 Å². The molecular formula is C26H25N3O3. The van der Waals surface area contributed by atoms with E-state index in [4.69, 9.17) is 14.6 Å². The van der Waals surface area contributed by atoms with Crippen molar-refractivity contribution in [1.29, 1.82) is 0 Å². The van der Waals surface area contributed by atoms with E-state index in [9.17, 15) is 4.79 Å². The number of nitrogens with one attached hydrogen (secondary N) is 1. The Balaban J connectivity index is 1.81. The molecule has 0 bridgehead atoms. The Labute approximate surface area is 187 Å². The molecule has 1 aromatic heterocycles. The minimum atomic E-state index is -0.231. The highest BCUT2D eigenvalue weighted by atomic mass is 16.5. The molecule has 6 nitrogen and oxygen atoms in total. The number of anilines is 1. The molecule has 0 aliphatic carbocycles. The Bertz CT molecular complexity index is 1260. The topological polar surface area (TPSA) is 65.4 Å². The molecule has 0 unspecified atom stereocenters. The van der Waals surface area contributed by atoms with Gasteiger partial charge in [0.25, 0.3) is 5.91 Å². The number of aromatic nitrogens is 2. The van der Waals surface area contributed by atoms with E-state index in [1.807, 2.05) is 80.6 Å². The lowest BCUT2D eigenvalue weighted by atomic mass is 10.1. The molecule has 0 saturated heterocycles. The maximum Gasteiger partial charge on any atom is 0.259 e. The van der Waals surface area contributed by atoms with Gasteiger partial charge in [0.2, 0.25) is 0 Å². The van der Waals surface area contributed by atoms with Gasteiger partial charge in [-0.15, -0.1) is 0 Å². The number of carbonyl (C=O) groups excluding carboxylic acids is 1. The van der Waals surface area contributed by atoms with E-state index in [0.717, 1.165) is 28.1 Å². The van der Waals surface area contributed by atoms with Gasteiger partial charge in [0.05, 0.1) is 25.5 Å². The van der Waals surface area contributed by atoms with Crippen LogP contribution in [0.15, 0.2) is 72.9 Å². The summed E-state index contributed by atoms with van der Waals surface area (Å²) in [5.41, 5.74) is 5.55. The van der Waals surface area contributed by atoms with Gasteiger partial charge in [0.1, 0.15) is 5.69 Å². The molecule has 0 saturated carbocycles. The fourth-order valence-electron chi connectivity index (χ4n) is 3.53. The number of amides is 1. The lowest BCUT2D eigenvalue weighted by molar-refractivity contribution is 0.102. The molecule has 4 rings (SSSR count). The summed E-state index contributed by atoms with van der Waals surface area (Å²) in [5.74, 6) is 0.950. The van der Waals surface area contributed by atoms with Gasteiger partial charge < -0.3 is 14.8 Å². The molecule has 0 aliphatic rings. The second-order valence-corrected chi connectivity index (χ2v) is 7.44. The number of carbonyl (C=O) groups is 1. The van der Waals surface area contributed by atoms with Crippen LogP contribution in [0.25, 0.3) is 16.9 Å². The standard InChI is InChI=1S/C26H25N3O3/c1-17-9-8-12-22(18(17)2)27-26(30)21-16-29(20-10-6-5-7-11-20)28-25(21)19-13-14-23(31-3)24(15-19)32-4/h5-16H,1-4H3,(H,27,30). The van der Waals surface area contributed by atoms with E-state index < -0.39 is 0 Å². The Morgan fingerprint density at radius 1 is 0.906 bits per heavy atom. The molecule has 1 heterocycles. The van der Waals surface area contributed by atoms with Crippen molar-refractivity contribution in [2.24, 2.45) is 0 Å². The highest BCUT2D eigenvalue weighted by Gasteiger charge is 2.21. The predicted molar refractivity (Wildman–Crippen MR) is 126 cm³/mol. The fourth-order valence-corrected chi connectivity index (χ4v) is 3.53. The summed E-state index contributed by atoms with van der Waals surface area (Å²) < 4.78 is 12.5. The van der Waals surface area contributed by atoms with E-state index in [2.05, 4.69) is 5.32 Å². The Kier molecular flexibility index (Phi) is 5.94. The van der Waals surface area contributed by atoms with Crippen LogP contribution in [0.4, 0.5) is 5.69 Å². The Morgan fingerprint density at radius 3 is 2.38 bits per heavy atom. The normalized spacial score (nSPS) is 10.6. The van der Waals surface area contributed by atoms with Crippen LogP contribution in [-0.4, -0.2) is 29.9 Å². The molecule has 3 aromatic carbocycles. The maximum absolute atomic E-state index is 13.4. The van der Waals surface area contributed by atoms with Crippen molar-refractivity contribution >= 4 is 11.6 Å². The Hall–Kier alpha value is -4.06. The van der Waals surface area contributed by atoms with Gasteiger partial charge in [0, 0.05) is 17.4 Å². The van der Waals surface area contributed by atoms with Crippen LogP contribution in [-0.2, 0) is 0 Å². The molecule has 0 spiro atoms. The van der Waals surface area contributed by atoms with Crippen molar-refractivity contribution in [2.45, 2.75) is 13.8 Å². The third kappa shape index (κ3) is 4.07. The van der Waals surface area contributed by atoms with Crippen LogP contribution in [0.3, 0.4) is 0 Å². The third-order valence-electron chi connectivity index (χ3n) is 5.49. The number of methoxy groups -OCH3 is 2. The average Bonchev–Trinajstić information content (AvgIpc) is 3.28. The van der Waals surface area contributed by atoms with Crippen molar-refractivity contribution in [3.05, 3.63) is 89.6 Å². The van der Waals surface area contributed by atoms with Crippen LogP contribution in [0.1, 0.15) is 21.5 Å². The van der Waals surface area contributed by atoms with Gasteiger partial charge in [-0.05, 0) is 61.4 Å². The smallest absolute Gasteiger partial charge is 0.259 e. The molecule has 0 atom stereocenters. The molecule has 0 fully saturated rings. The summed E-state index contributed by atoms with van der Waals surface area (Å²) >= 11 is 0. The summed E-state index contributed by atoms with van der Waals surface area (Å²) in [7, 11) is 3.17. The first kappa shape index (κ1) is 21.2. The predicted octanol–water partition coefficient (Wildman–Crippen LogP) is 5.43. The van der Waals surface area contributed by atoms with E-state index in [-0.39, 0.29) is 5.91 Å². The highest BCUT2D eigenvalue weighted by Crippen LogP contribution is 2.34. The number of benzene rings is 3. The quantitative estimate of drug-likeness (QED) is 0.446. The molecule has 0 radical (unpaired) electrons. The molecule has 0 aliphatic heterocycles. The first-order valence-electron chi connectivity index (χ1n) is 10.3. The summed E-state index contributed by atoms with van der Waals surface area (Å²) in [5, 5.41) is 7.79. The van der Waals surface area contributed by atoms with E-state index in [0.29, 0.717) is 22.8 Å². The van der Waals surface area contributed by atoms with Crippen LogP contribution in [0.2, 0.25) is 0 Å². The minimum Gasteiger partial charge on any atom is -0.493 e. The molecule has 32 heavy (non-hydrogen) atoms. The molecule has 6 heteroatoms. The first-order valence-corrected chi connectivity index (χ1v) is 10.3. The van der Waals surface area contributed by atoms with Crippen molar-refractivity contribution in [3.63, 3.8) is 0 Å². The summed E-state index contributed by atoms with van der Waals surface area (Å²) in [4.78, 5) is 13.4. The fraction of sp³-hybridized carbons (Fsp3) is 0.154. The van der Waals surface area contributed by atoms with Gasteiger partial charge in [-0.1, -0.05) is 30.3 Å². The summed E-state index contributed by atoms with van der Waals surface area (Å²) in [6.45, 7) is 4.01. The zero-order valence-corrected chi connectivity index (χ0v) is 18.5. The zero-order valence-electron chi connectivity index (χ0n) is 18.5. The van der Waals surface area contributed by atoms with Gasteiger partial charge in [-0.3, -0.25) is 4.79 Å². The first-order chi connectivity index (χ1) is 15.5. The molecule has 162 valence electrons. The second-order valence-electron chi connectivity index (χ2n) is 7.44. The van der Waals surface area contributed by atoms with Gasteiger partial charge >= 0.3 is 0 Å². The number of hydrogen-bond donors (Lipinski definition) is 1. The monoisotopic (exact) mass is 427 g/mol. The average molecular weight is 428 g/mol. The minimum absolute atomic E-state index is 0.231. The van der Waals surface area contributed by atoms with Crippen molar-refractivity contribution < 1.29 is 14.3 Å². The van der Waals surface area contributed by atoms with Crippen LogP contribution < -0.4 is 14.8 Å².